The largest absolute Gasteiger partial charge is 0.353 e. The molecule has 18 heavy (non-hydrogen) atoms. The van der Waals surface area contributed by atoms with Crippen molar-refractivity contribution in [2.75, 3.05) is 0 Å². The van der Waals surface area contributed by atoms with Crippen molar-refractivity contribution in [2.45, 2.75) is 84.3 Å². The number of nitrogens with one attached hydrogen (secondary N) is 2. The van der Waals surface area contributed by atoms with E-state index >= 15 is 0 Å². The molecule has 106 valence electrons. The smallest absolute Gasteiger partial charge is 0.219 e. The Labute approximate surface area is 112 Å². The lowest BCUT2D eigenvalue weighted by atomic mass is 9.69. The second-order valence-electron chi connectivity index (χ2n) is 6.33. The van der Waals surface area contributed by atoms with Gasteiger partial charge in [-0.05, 0) is 39.0 Å². The highest BCUT2D eigenvalue weighted by Crippen LogP contribution is 2.37. The van der Waals surface area contributed by atoms with Crippen molar-refractivity contribution in [1.82, 2.24) is 10.6 Å². The van der Waals surface area contributed by atoms with Crippen LogP contribution in [0.3, 0.4) is 0 Å². The Balaban J connectivity index is 2.91. The third kappa shape index (κ3) is 3.05. The molecule has 2 N–H and O–H groups in total. The third-order valence-corrected chi connectivity index (χ3v) is 5.05. The number of rotatable bonds is 4. The molecule has 0 aromatic heterocycles. The van der Waals surface area contributed by atoms with Crippen molar-refractivity contribution < 1.29 is 4.79 Å². The van der Waals surface area contributed by atoms with Gasteiger partial charge in [0.1, 0.15) is 0 Å². The van der Waals surface area contributed by atoms with Gasteiger partial charge in [0, 0.05) is 23.5 Å². The second-order valence-corrected chi connectivity index (χ2v) is 6.33. The van der Waals surface area contributed by atoms with Crippen LogP contribution < -0.4 is 10.6 Å². The van der Waals surface area contributed by atoms with E-state index in [1.807, 2.05) is 6.92 Å². The Kier molecular flexibility index (Phi) is 4.82. The van der Waals surface area contributed by atoms with Crippen LogP contribution in [0.5, 0.6) is 0 Å². The van der Waals surface area contributed by atoms with E-state index < -0.39 is 0 Å². The van der Waals surface area contributed by atoms with E-state index in [2.05, 4.69) is 45.3 Å². The van der Waals surface area contributed by atoms with Gasteiger partial charge in [-0.25, -0.2) is 0 Å². The summed E-state index contributed by atoms with van der Waals surface area (Å²) in [5, 5.41) is 7.04. The first-order chi connectivity index (χ1) is 8.30. The summed E-state index contributed by atoms with van der Waals surface area (Å²) >= 11 is 0. The Bertz CT molecular complexity index is 305. The van der Waals surface area contributed by atoms with Gasteiger partial charge in [-0.15, -0.1) is 0 Å². The molecule has 1 heterocycles. The maximum atomic E-state index is 11.7. The van der Waals surface area contributed by atoms with Crippen LogP contribution in [0, 0.1) is 5.92 Å². The summed E-state index contributed by atoms with van der Waals surface area (Å²) < 4.78 is 0. The molecule has 0 bridgehead atoms. The van der Waals surface area contributed by atoms with Gasteiger partial charge in [-0.3, -0.25) is 4.79 Å². The van der Waals surface area contributed by atoms with Gasteiger partial charge in [-0.1, -0.05) is 27.7 Å². The first-order valence-electron chi connectivity index (χ1n) is 7.39. The number of carbonyl (C=O) groups excluding carboxylic acids is 1. The topological polar surface area (TPSA) is 41.1 Å². The zero-order valence-corrected chi connectivity index (χ0v) is 12.9. The Morgan fingerprint density at radius 2 is 1.89 bits per heavy atom. The van der Waals surface area contributed by atoms with Crippen molar-refractivity contribution in [3.63, 3.8) is 0 Å². The molecule has 0 aromatic rings. The van der Waals surface area contributed by atoms with E-state index in [-0.39, 0.29) is 23.0 Å². The van der Waals surface area contributed by atoms with E-state index in [0.29, 0.717) is 12.3 Å². The predicted molar refractivity (Wildman–Crippen MR) is 76.5 cm³/mol. The monoisotopic (exact) mass is 254 g/mol. The number of hydrogen-bond donors (Lipinski definition) is 2. The van der Waals surface area contributed by atoms with Crippen molar-refractivity contribution in [1.29, 1.82) is 0 Å². The van der Waals surface area contributed by atoms with Crippen molar-refractivity contribution in [3.05, 3.63) is 0 Å². The molecule has 1 fully saturated rings. The molecular weight excluding hydrogens is 224 g/mol. The Morgan fingerprint density at radius 3 is 2.33 bits per heavy atom. The minimum atomic E-state index is 0.106. The zero-order valence-electron chi connectivity index (χ0n) is 12.9. The average molecular weight is 254 g/mol. The predicted octanol–water partition coefficient (Wildman–Crippen LogP) is 2.85. The summed E-state index contributed by atoms with van der Waals surface area (Å²) in [6.07, 6.45) is 3.77. The van der Waals surface area contributed by atoms with E-state index in [0.717, 1.165) is 19.3 Å². The van der Waals surface area contributed by atoms with Gasteiger partial charge < -0.3 is 10.6 Å². The van der Waals surface area contributed by atoms with Gasteiger partial charge >= 0.3 is 0 Å². The highest BCUT2D eigenvalue weighted by atomic mass is 16.1. The lowest BCUT2D eigenvalue weighted by Crippen LogP contribution is -2.68. The average Bonchev–Trinajstić information content (AvgIpc) is 2.35. The Morgan fingerprint density at radius 1 is 1.28 bits per heavy atom. The molecule has 4 unspecified atom stereocenters. The molecule has 3 heteroatoms. The van der Waals surface area contributed by atoms with Gasteiger partial charge in [-0.2, -0.15) is 0 Å². The van der Waals surface area contributed by atoms with Crippen molar-refractivity contribution >= 4 is 5.91 Å². The van der Waals surface area contributed by atoms with Crippen LogP contribution in [-0.4, -0.2) is 23.0 Å². The minimum Gasteiger partial charge on any atom is -0.353 e. The molecule has 1 amide bonds. The molecule has 1 saturated heterocycles. The summed E-state index contributed by atoms with van der Waals surface area (Å²) in [5.41, 5.74) is 0.234. The molecule has 1 rings (SSSR count). The number of carbonyl (C=O) groups is 1. The van der Waals surface area contributed by atoms with Crippen LogP contribution in [0.2, 0.25) is 0 Å². The van der Waals surface area contributed by atoms with E-state index in [4.69, 9.17) is 0 Å². The van der Waals surface area contributed by atoms with Crippen LogP contribution >= 0.6 is 0 Å². The third-order valence-electron chi connectivity index (χ3n) is 5.05. The number of hydrogen-bond acceptors (Lipinski definition) is 2. The van der Waals surface area contributed by atoms with E-state index in [9.17, 15) is 4.79 Å². The molecule has 0 spiro atoms. The van der Waals surface area contributed by atoms with Gasteiger partial charge in [0.15, 0.2) is 0 Å². The van der Waals surface area contributed by atoms with Crippen LogP contribution in [-0.2, 0) is 4.79 Å². The van der Waals surface area contributed by atoms with Crippen molar-refractivity contribution in [3.8, 4) is 0 Å². The maximum Gasteiger partial charge on any atom is 0.219 e. The van der Waals surface area contributed by atoms with Crippen LogP contribution in [0.15, 0.2) is 0 Å². The summed E-state index contributed by atoms with van der Waals surface area (Å²) in [5.74, 6) is 0.628. The molecule has 0 aromatic carbocycles. The summed E-state index contributed by atoms with van der Waals surface area (Å²) in [6, 6.07) is 0.286. The molecule has 0 aliphatic carbocycles. The quantitative estimate of drug-likeness (QED) is 0.810. The minimum absolute atomic E-state index is 0.106. The number of piperidine rings is 1. The first-order valence-corrected chi connectivity index (χ1v) is 7.39. The van der Waals surface area contributed by atoms with Crippen LogP contribution in [0.4, 0.5) is 0 Å². The van der Waals surface area contributed by atoms with Gasteiger partial charge in [0.2, 0.25) is 5.91 Å². The molecule has 0 radical (unpaired) electrons. The zero-order chi connectivity index (χ0) is 14.0. The molecule has 1 aliphatic heterocycles. The maximum absolute atomic E-state index is 11.7. The van der Waals surface area contributed by atoms with Crippen LogP contribution in [0.1, 0.15) is 67.2 Å². The molecule has 4 atom stereocenters. The Hall–Kier alpha value is -0.570. The highest BCUT2D eigenvalue weighted by Gasteiger charge is 2.46. The summed E-state index contributed by atoms with van der Waals surface area (Å²) in [6.45, 7) is 13.2. The fourth-order valence-corrected chi connectivity index (χ4v) is 3.09. The lowest BCUT2D eigenvalue weighted by Gasteiger charge is -2.53. The fraction of sp³-hybridized carbons (Fsp3) is 0.933. The molecular formula is C15H30N2O. The standard InChI is InChI=1S/C15H30N2O/c1-7-13(18)16-12-10-14(5,8-2)17-15(6,9-3)11(12)4/h11-12,17H,7-10H2,1-6H3,(H,16,18). The SMILES string of the molecule is CCC(=O)NC1CC(C)(CC)NC(C)(CC)C1C. The highest BCUT2D eigenvalue weighted by molar-refractivity contribution is 5.75. The molecule has 1 aliphatic rings. The van der Waals surface area contributed by atoms with Crippen molar-refractivity contribution in [2.24, 2.45) is 5.92 Å². The molecule has 3 nitrogen and oxygen atoms in total. The first kappa shape index (κ1) is 15.5. The van der Waals surface area contributed by atoms with E-state index in [1.54, 1.807) is 0 Å². The number of amides is 1. The van der Waals surface area contributed by atoms with Gasteiger partial charge in [0.05, 0.1) is 0 Å². The molecule has 0 saturated carbocycles. The van der Waals surface area contributed by atoms with Gasteiger partial charge in [0.25, 0.3) is 0 Å². The lowest BCUT2D eigenvalue weighted by molar-refractivity contribution is -0.122. The van der Waals surface area contributed by atoms with Crippen LogP contribution in [0.25, 0.3) is 0 Å². The summed E-state index contributed by atoms with van der Waals surface area (Å²) in [7, 11) is 0. The second kappa shape index (κ2) is 5.60. The van der Waals surface area contributed by atoms with E-state index in [1.165, 1.54) is 0 Å². The summed E-state index contributed by atoms with van der Waals surface area (Å²) in [4.78, 5) is 11.7. The fourth-order valence-electron chi connectivity index (χ4n) is 3.09. The normalized spacial score (nSPS) is 40.6.